The Kier molecular flexibility index (Phi) is 6.29. The molecule has 1 fully saturated rings. The molecule has 1 saturated heterocycles. The molecular weight excluding hydrogens is 328 g/mol. The van der Waals surface area contributed by atoms with Gasteiger partial charge in [0.1, 0.15) is 5.75 Å². The van der Waals surface area contributed by atoms with Crippen LogP contribution in [-0.2, 0) is 9.59 Å². The van der Waals surface area contributed by atoms with Crippen molar-refractivity contribution < 1.29 is 19.2 Å². The van der Waals surface area contributed by atoms with Gasteiger partial charge in [-0.2, -0.15) is 0 Å². The fourth-order valence-electron chi connectivity index (χ4n) is 2.65. The highest BCUT2D eigenvalue weighted by Crippen LogP contribution is 2.23. The molecule has 0 aliphatic carbocycles. The number of nitrogens with zero attached hydrogens (tertiary/aromatic N) is 3. The van der Waals surface area contributed by atoms with E-state index in [0.29, 0.717) is 37.5 Å². The number of rotatable bonds is 6. The number of amides is 2. The number of nitro benzene ring substituents is 1. The maximum atomic E-state index is 12.2. The number of ether oxygens (including phenoxy) is 1. The molecule has 0 aromatic heterocycles. The Morgan fingerprint density at radius 3 is 2.32 bits per heavy atom. The third kappa shape index (κ3) is 4.90. The Morgan fingerprint density at radius 2 is 1.80 bits per heavy atom. The number of carbonyl (C=O) groups is 2. The van der Waals surface area contributed by atoms with Gasteiger partial charge in [0.15, 0.2) is 0 Å². The first kappa shape index (κ1) is 18.7. The molecule has 25 heavy (non-hydrogen) atoms. The third-order valence-electron chi connectivity index (χ3n) is 4.10. The monoisotopic (exact) mass is 350 g/mol. The molecule has 1 aromatic rings. The lowest BCUT2D eigenvalue weighted by molar-refractivity contribution is -0.384. The number of hydrogen-bond donors (Lipinski definition) is 1. The van der Waals surface area contributed by atoms with Crippen LogP contribution in [0.5, 0.6) is 5.75 Å². The molecule has 2 amide bonds. The summed E-state index contributed by atoms with van der Waals surface area (Å²) in [5, 5.41) is 10.7. The summed E-state index contributed by atoms with van der Waals surface area (Å²) in [6.07, 6.45) is 0.210. The largest absolute Gasteiger partial charge is 0.493 e. The van der Waals surface area contributed by atoms with Gasteiger partial charge in [0.2, 0.25) is 11.8 Å². The van der Waals surface area contributed by atoms with Gasteiger partial charge in [-0.15, -0.1) is 0 Å². The number of carbonyl (C=O) groups excluding carboxylic acids is 2. The van der Waals surface area contributed by atoms with Gasteiger partial charge in [-0.05, 0) is 18.6 Å². The fourth-order valence-corrected chi connectivity index (χ4v) is 2.65. The molecule has 2 rings (SSSR count). The van der Waals surface area contributed by atoms with Gasteiger partial charge in [-0.1, -0.05) is 0 Å². The number of nitrogens with two attached hydrogens (primary N) is 1. The van der Waals surface area contributed by atoms with E-state index >= 15 is 0 Å². The minimum atomic E-state index is -0.463. The lowest BCUT2D eigenvalue weighted by Crippen LogP contribution is -2.52. The van der Waals surface area contributed by atoms with Crippen LogP contribution < -0.4 is 10.5 Å². The minimum absolute atomic E-state index is 0.00539. The normalized spacial score (nSPS) is 14.3. The Balaban J connectivity index is 1.78. The number of non-ortho nitro benzene ring substituents is 1. The van der Waals surface area contributed by atoms with Crippen molar-refractivity contribution in [3.8, 4) is 5.75 Å². The van der Waals surface area contributed by atoms with Gasteiger partial charge in [0.05, 0.1) is 24.5 Å². The molecule has 0 spiro atoms. The summed E-state index contributed by atoms with van der Waals surface area (Å²) >= 11 is 0. The highest BCUT2D eigenvalue weighted by atomic mass is 16.6. The van der Waals surface area contributed by atoms with E-state index in [9.17, 15) is 19.7 Å². The number of aryl methyl sites for hydroxylation is 1. The van der Waals surface area contributed by atoms with Gasteiger partial charge in [0.25, 0.3) is 5.69 Å². The Labute approximate surface area is 145 Å². The SMILES string of the molecule is Cc1cc([N+](=O)[O-])ccc1OCCC(=O)N1CCN(C(=O)CN)CC1. The molecule has 0 saturated carbocycles. The second-order valence-electron chi connectivity index (χ2n) is 5.77. The topological polar surface area (TPSA) is 119 Å². The van der Waals surface area contributed by atoms with E-state index in [-0.39, 0.29) is 37.1 Å². The summed E-state index contributed by atoms with van der Waals surface area (Å²) in [5.41, 5.74) is 5.98. The standard InChI is InChI=1S/C16H22N4O5/c1-12-10-13(20(23)24)2-3-14(12)25-9-4-15(21)18-5-7-19(8-6-18)16(22)11-17/h2-3,10H,4-9,11,17H2,1H3. The second kappa shape index (κ2) is 8.43. The predicted octanol–water partition coefficient (Wildman–Crippen LogP) is 0.302. The van der Waals surface area contributed by atoms with Gasteiger partial charge in [-0.3, -0.25) is 19.7 Å². The van der Waals surface area contributed by atoms with Gasteiger partial charge in [0, 0.05) is 38.3 Å². The molecule has 136 valence electrons. The average molecular weight is 350 g/mol. The van der Waals surface area contributed by atoms with E-state index in [1.54, 1.807) is 16.7 Å². The van der Waals surface area contributed by atoms with Crippen LogP contribution in [0.3, 0.4) is 0 Å². The second-order valence-corrected chi connectivity index (χ2v) is 5.77. The van der Waals surface area contributed by atoms with Crippen molar-refractivity contribution in [2.75, 3.05) is 39.3 Å². The zero-order valence-corrected chi connectivity index (χ0v) is 14.1. The predicted molar refractivity (Wildman–Crippen MR) is 90.2 cm³/mol. The summed E-state index contributed by atoms with van der Waals surface area (Å²) < 4.78 is 5.56. The van der Waals surface area contributed by atoms with Crippen molar-refractivity contribution >= 4 is 17.5 Å². The van der Waals surface area contributed by atoms with E-state index in [2.05, 4.69) is 0 Å². The lowest BCUT2D eigenvalue weighted by Gasteiger charge is -2.34. The van der Waals surface area contributed by atoms with Crippen molar-refractivity contribution in [3.05, 3.63) is 33.9 Å². The molecular formula is C16H22N4O5. The van der Waals surface area contributed by atoms with Crippen molar-refractivity contribution in [3.63, 3.8) is 0 Å². The van der Waals surface area contributed by atoms with Crippen molar-refractivity contribution in [2.45, 2.75) is 13.3 Å². The zero-order valence-electron chi connectivity index (χ0n) is 14.1. The third-order valence-corrected chi connectivity index (χ3v) is 4.10. The van der Waals surface area contributed by atoms with Crippen molar-refractivity contribution in [1.29, 1.82) is 0 Å². The molecule has 9 heteroatoms. The van der Waals surface area contributed by atoms with Crippen LogP contribution in [-0.4, -0.2) is 65.9 Å². The Morgan fingerprint density at radius 1 is 1.20 bits per heavy atom. The van der Waals surface area contributed by atoms with E-state index in [1.165, 1.54) is 18.2 Å². The molecule has 0 atom stereocenters. The molecule has 0 bridgehead atoms. The number of piperazine rings is 1. The summed E-state index contributed by atoms with van der Waals surface area (Å²) in [4.78, 5) is 37.3. The first-order valence-electron chi connectivity index (χ1n) is 8.06. The van der Waals surface area contributed by atoms with Gasteiger partial charge in [-0.25, -0.2) is 0 Å². The van der Waals surface area contributed by atoms with Crippen LogP contribution in [0.25, 0.3) is 0 Å². The maximum Gasteiger partial charge on any atom is 0.269 e. The molecule has 1 heterocycles. The van der Waals surface area contributed by atoms with E-state index in [1.807, 2.05) is 0 Å². The maximum absolute atomic E-state index is 12.2. The van der Waals surface area contributed by atoms with Crippen LogP contribution in [0.15, 0.2) is 18.2 Å². The zero-order chi connectivity index (χ0) is 18.4. The molecule has 9 nitrogen and oxygen atoms in total. The van der Waals surface area contributed by atoms with Crippen LogP contribution in [0.4, 0.5) is 5.69 Å². The van der Waals surface area contributed by atoms with Crippen LogP contribution in [0.2, 0.25) is 0 Å². The van der Waals surface area contributed by atoms with Crippen LogP contribution >= 0.6 is 0 Å². The highest BCUT2D eigenvalue weighted by molar-refractivity contribution is 5.79. The first-order valence-corrected chi connectivity index (χ1v) is 8.06. The van der Waals surface area contributed by atoms with Crippen LogP contribution in [0, 0.1) is 17.0 Å². The smallest absolute Gasteiger partial charge is 0.269 e. The van der Waals surface area contributed by atoms with E-state index < -0.39 is 4.92 Å². The molecule has 0 radical (unpaired) electrons. The molecule has 0 unspecified atom stereocenters. The molecule has 1 aromatic carbocycles. The van der Waals surface area contributed by atoms with Crippen molar-refractivity contribution in [2.24, 2.45) is 5.73 Å². The minimum Gasteiger partial charge on any atom is -0.493 e. The summed E-state index contributed by atoms with van der Waals surface area (Å²) in [5.74, 6) is 0.375. The van der Waals surface area contributed by atoms with E-state index in [4.69, 9.17) is 10.5 Å². The quantitative estimate of drug-likeness (QED) is 0.582. The van der Waals surface area contributed by atoms with Gasteiger partial charge < -0.3 is 20.3 Å². The van der Waals surface area contributed by atoms with E-state index in [0.717, 1.165) is 0 Å². The molecule has 1 aliphatic rings. The molecule has 2 N–H and O–H groups in total. The molecule has 1 aliphatic heterocycles. The number of hydrogen-bond acceptors (Lipinski definition) is 6. The Hall–Kier alpha value is -2.68. The van der Waals surface area contributed by atoms with Crippen LogP contribution in [0.1, 0.15) is 12.0 Å². The number of benzene rings is 1. The first-order chi connectivity index (χ1) is 11.9. The lowest BCUT2D eigenvalue weighted by atomic mass is 10.2. The number of nitro groups is 1. The average Bonchev–Trinajstić information content (AvgIpc) is 2.62. The highest BCUT2D eigenvalue weighted by Gasteiger charge is 2.23. The van der Waals surface area contributed by atoms with Crippen molar-refractivity contribution in [1.82, 2.24) is 9.80 Å². The summed E-state index contributed by atoms with van der Waals surface area (Å²) in [6.45, 7) is 3.85. The summed E-state index contributed by atoms with van der Waals surface area (Å²) in [6, 6.07) is 4.35. The Bertz CT molecular complexity index is 656. The fraction of sp³-hybridized carbons (Fsp3) is 0.500. The summed E-state index contributed by atoms with van der Waals surface area (Å²) in [7, 11) is 0. The van der Waals surface area contributed by atoms with Gasteiger partial charge >= 0.3 is 0 Å².